The van der Waals surface area contributed by atoms with Gasteiger partial charge < -0.3 is 4.74 Å². The van der Waals surface area contributed by atoms with Gasteiger partial charge in [0.2, 0.25) is 0 Å². The van der Waals surface area contributed by atoms with E-state index in [9.17, 15) is 8.78 Å². The van der Waals surface area contributed by atoms with Crippen LogP contribution < -0.4 is 9.57 Å². The topological polar surface area (TPSA) is 21.3 Å². The number of halogens is 3. The Bertz CT molecular complexity index is 307. The summed E-state index contributed by atoms with van der Waals surface area (Å²) in [7, 11) is 0. The Balaban J connectivity index is 2.84. The van der Waals surface area contributed by atoms with E-state index < -0.39 is 6.61 Å². The molecule has 0 bridgehead atoms. The second-order valence-electron chi connectivity index (χ2n) is 2.79. The van der Waals surface area contributed by atoms with Gasteiger partial charge >= 0.3 is 6.61 Å². The number of ether oxygens (including phenoxy) is 1. The molecule has 0 saturated heterocycles. The molecule has 0 aliphatic carbocycles. The first-order chi connectivity index (χ1) is 6.63. The van der Waals surface area contributed by atoms with Gasteiger partial charge in [0.1, 0.15) is 5.75 Å². The average molecular weight is 222 g/mol. The summed E-state index contributed by atoms with van der Waals surface area (Å²) in [6.45, 7) is -0.690. The van der Waals surface area contributed by atoms with E-state index in [4.69, 9.17) is 11.8 Å². The molecule has 0 heterocycles. The molecule has 0 fully saturated rings. The molecule has 0 spiro atoms. The van der Waals surface area contributed by atoms with Crippen LogP contribution in [0.25, 0.3) is 0 Å². The van der Waals surface area contributed by atoms with Crippen molar-refractivity contribution >= 4 is 11.8 Å². The monoisotopic (exact) mass is 221 g/mol. The summed E-state index contributed by atoms with van der Waals surface area (Å²) in [5, 5.41) is 0. The van der Waals surface area contributed by atoms with Gasteiger partial charge in [0.15, 0.2) is 0 Å². The van der Waals surface area contributed by atoms with Crippen LogP contribution in [0.3, 0.4) is 0 Å². The number of benzene rings is 1. The van der Waals surface area contributed by atoms with E-state index in [0.29, 0.717) is 12.1 Å². The third-order valence-corrected chi connectivity index (χ3v) is 1.87. The highest BCUT2D eigenvalue weighted by Gasteiger charge is 2.07. The molecule has 14 heavy (non-hydrogen) atoms. The molecule has 0 atom stereocenters. The summed E-state index contributed by atoms with van der Waals surface area (Å²) in [5.74, 6) is 0.185. The lowest BCUT2D eigenvalue weighted by Gasteiger charge is -2.09. The Morgan fingerprint density at radius 3 is 2.79 bits per heavy atom. The molecule has 0 aliphatic rings. The van der Waals surface area contributed by atoms with Gasteiger partial charge in [0.05, 0.1) is 0 Å². The molecule has 2 nitrogen and oxygen atoms in total. The number of rotatable bonds is 4. The highest BCUT2D eigenvalue weighted by atomic mass is 35.5. The first-order valence-electron chi connectivity index (χ1n) is 4.01. The van der Waals surface area contributed by atoms with Crippen molar-refractivity contribution in [2.24, 2.45) is 0 Å². The smallest absolute Gasteiger partial charge is 0.387 e. The van der Waals surface area contributed by atoms with Crippen LogP contribution in [0.15, 0.2) is 18.2 Å². The predicted molar refractivity (Wildman–Crippen MR) is 50.5 cm³/mol. The normalized spacial score (nSPS) is 10.6. The minimum absolute atomic E-state index is 0.185. The van der Waals surface area contributed by atoms with Crippen LogP contribution in [0, 0.1) is 6.92 Å². The highest BCUT2D eigenvalue weighted by molar-refractivity contribution is 6.13. The molecule has 0 aromatic heterocycles. The van der Waals surface area contributed by atoms with E-state index in [0.717, 1.165) is 5.56 Å². The summed E-state index contributed by atoms with van der Waals surface area (Å²) in [4.78, 5) is 2.41. The second-order valence-corrected chi connectivity index (χ2v) is 3.06. The zero-order valence-corrected chi connectivity index (χ0v) is 8.31. The predicted octanol–water partition coefficient (Wildman–Crippen LogP) is 2.84. The molecule has 0 unspecified atom stereocenters. The molecule has 0 amide bonds. The van der Waals surface area contributed by atoms with Crippen LogP contribution in [0.4, 0.5) is 8.78 Å². The fraction of sp³-hybridized carbons (Fsp3) is 0.333. The summed E-state index contributed by atoms with van der Waals surface area (Å²) >= 11 is 5.29. The lowest BCUT2D eigenvalue weighted by Crippen LogP contribution is -2.05. The zero-order chi connectivity index (χ0) is 10.6. The molecule has 0 radical (unpaired) electrons. The van der Waals surface area contributed by atoms with Crippen LogP contribution in [0.1, 0.15) is 11.1 Å². The Labute approximate surface area is 85.9 Å². The van der Waals surface area contributed by atoms with Gasteiger partial charge in [0.25, 0.3) is 0 Å². The maximum absolute atomic E-state index is 12.0. The van der Waals surface area contributed by atoms with Crippen LogP contribution in [0.2, 0.25) is 0 Å². The Kier molecular flexibility index (Phi) is 4.10. The van der Waals surface area contributed by atoms with Gasteiger partial charge in [-0.3, -0.25) is 0 Å². The van der Waals surface area contributed by atoms with Crippen molar-refractivity contribution in [2.75, 3.05) is 0 Å². The number of nitrogens with one attached hydrogen (secondary N) is 1. The summed E-state index contributed by atoms with van der Waals surface area (Å²) in [5.41, 5.74) is 1.46. The molecule has 0 aliphatic heterocycles. The van der Waals surface area contributed by atoms with Gasteiger partial charge in [-0.2, -0.15) is 8.78 Å². The first kappa shape index (κ1) is 11.2. The van der Waals surface area contributed by atoms with E-state index in [2.05, 4.69) is 9.57 Å². The van der Waals surface area contributed by atoms with Gasteiger partial charge in [-0.15, -0.1) is 0 Å². The van der Waals surface area contributed by atoms with Crippen LogP contribution in [-0.4, -0.2) is 6.61 Å². The van der Waals surface area contributed by atoms with Crippen molar-refractivity contribution < 1.29 is 13.5 Å². The SMILES string of the molecule is Cc1ccc(CNCl)cc1OC(F)F. The average Bonchev–Trinajstić information content (AvgIpc) is 2.10. The maximum Gasteiger partial charge on any atom is 0.387 e. The van der Waals surface area contributed by atoms with Gasteiger partial charge in [-0.1, -0.05) is 12.1 Å². The number of aryl methyl sites for hydroxylation is 1. The largest absolute Gasteiger partial charge is 0.435 e. The first-order valence-corrected chi connectivity index (χ1v) is 4.39. The van der Waals surface area contributed by atoms with Gasteiger partial charge in [-0.05, 0) is 35.9 Å². The van der Waals surface area contributed by atoms with E-state index in [1.807, 2.05) is 0 Å². The van der Waals surface area contributed by atoms with E-state index in [1.165, 1.54) is 6.07 Å². The van der Waals surface area contributed by atoms with Crippen molar-refractivity contribution in [1.82, 2.24) is 4.84 Å². The molecule has 5 heteroatoms. The lowest BCUT2D eigenvalue weighted by molar-refractivity contribution is -0.0503. The Morgan fingerprint density at radius 1 is 1.50 bits per heavy atom. The number of hydrogen-bond acceptors (Lipinski definition) is 2. The van der Waals surface area contributed by atoms with Crippen molar-refractivity contribution in [3.05, 3.63) is 29.3 Å². The standard InChI is InChI=1S/C9H10ClF2NO/c1-6-2-3-7(5-13-10)4-8(6)14-9(11)12/h2-4,9,13H,5H2,1H3. The van der Waals surface area contributed by atoms with Crippen LogP contribution in [0.5, 0.6) is 5.75 Å². The summed E-state index contributed by atoms with van der Waals surface area (Å²) in [6, 6.07) is 5.04. The highest BCUT2D eigenvalue weighted by Crippen LogP contribution is 2.21. The lowest BCUT2D eigenvalue weighted by atomic mass is 10.1. The molecule has 78 valence electrons. The molecular formula is C9H10ClF2NO. The summed E-state index contributed by atoms with van der Waals surface area (Å²) < 4.78 is 28.2. The molecule has 1 N–H and O–H groups in total. The molecule has 1 rings (SSSR count). The molecular weight excluding hydrogens is 212 g/mol. The molecule has 1 aromatic rings. The van der Waals surface area contributed by atoms with Crippen LogP contribution in [-0.2, 0) is 6.54 Å². The van der Waals surface area contributed by atoms with Gasteiger partial charge in [0, 0.05) is 6.54 Å². The Hall–Kier alpha value is -0.870. The van der Waals surface area contributed by atoms with Crippen molar-refractivity contribution in [1.29, 1.82) is 0 Å². The van der Waals surface area contributed by atoms with E-state index in [-0.39, 0.29) is 5.75 Å². The van der Waals surface area contributed by atoms with Crippen molar-refractivity contribution in [3.8, 4) is 5.75 Å². The van der Waals surface area contributed by atoms with Crippen molar-refractivity contribution in [3.63, 3.8) is 0 Å². The van der Waals surface area contributed by atoms with Gasteiger partial charge in [-0.25, -0.2) is 4.84 Å². The second kappa shape index (κ2) is 5.12. The number of alkyl halides is 2. The summed E-state index contributed by atoms with van der Waals surface area (Å²) in [6.07, 6.45) is 0. The minimum atomic E-state index is -2.80. The number of hydrogen-bond donors (Lipinski definition) is 1. The fourth-order valence-corrected chi connectivity index (χ4v) is 1.21. The minimum Gasteiger partial charge on any atom is -0.435 e. The molecule has 0 saturated carbocycles. The Morgan fingerprint density at radius 2 is 2.21 bits per heavy atom. The third-order valence-electron chi connectivity index (χ3n) is 1.74. The maximum atomic E-state index is 12.0. The quantitative estimate of drug-likeness (QED) is 0.790. The molecule has 1 aromatic carbocycles. The third kappa shape index (κ3) is 3.12. The van der Waals surface area contributed by atoms with E-state index in [1.54, 1.807) is 19.1 Å². The zero-order valence-electron chi connectivity index (χ0n) is 7.56. The van der Waals surface area contributed by atoms with Crippen molar-refractivity contribution in [2.45, 2.75) is 20.1 Å². The van der Waals surface area contributed by atoms with E-state index >= 15 is 0 Å². The fourth-order valence-electron chi connectivity index (χ4n) is 1.05. The van der Waals surface area contributed by atoms with Crippen LogP contribution >= 0.6 is 11.8 Å².